The summed E-state index contributed by atoms with van der Waals surface area (Å²) in [6, 6.07) is 14.3. The van der Waals surface area contributed by atoms with Crippen LogP contribution >= 0.6 is 22.6 Å². The quantitative estimate of drug-likeness (QED) is 0.0553. The molecule has 8 atom stereocenters. The molecule has 0 aromatic heterocycles. The van der Waals surface area contributed by atoms with Crippen molar-refractivity contribution in [2.24, 2.45) is 5.92 Å². The largest absolute Gasteiger partial charge is 0.497 e. The van der Waals surface area contributed by atoms with Crippen molar-refractivity contribution in [1.29, 1.82) is 0 Å². The summed E-state index contributed by atoms with van der Waals surface area (Å²) in [5.74, 6) is 7.77. The third kappa shape index (κ3) is 15.6. The van der Waals surface area contributed by atoms with Crippen molar-refractivity contribution in [1.82, 2.24) is 0 Å². The van der Waals surface area contributed by atoms with Crippen LogP contribution in [0.2, 0.25) is 54.4 Å². The van der Waals surface area contributed by atoms with Gasteiger partial charge in [-0.1, -0.05) is 122 Å². The Bertz CT molecular complexity index is 1480. The molecule has 2 bridgehead atoms. The van der Waals surface area contributed by atoms with Crippen LogP contribution in [-0.2, 0) is 38.9 Å². The molecule has 2 heterocycles. The lowest BCUT2D eigenvalue weighted by Gasteiger charge is -2.43. The maximum atomic E-state index is 13.9. The molecule has 0 amide bonds. The Morgan fingerprint density at radius 1 is 0.900 bits per heavy atom. The second-order valence-electron chi connectivity index (χ2n) is 18.8. The van der Waals surface area contributed by atoms with Gasteiger partial charge in [-0.05, 0) is 115 Å². The number of fused-ring (bicyclic) bond motifs is 2. The fourth-order valence-electron chi connectivity index (χ4n) is 8.41. The molecule has 0 spiro atoms. The first kappa shape index (κ1) is 53.3. The molecule has 0 radical (unpaired) electrons. The van der Waals surface area contributed by atoms with Crippen LogP contribution in [0.1, 0.15) is 126 Å². The van der Waals surface area contributed by atoms with Gasteiger partial charge in [0.1, 0.15) is 18.0 Å². The molecular weight excluding hydrogens is 916 g/mol. The predicted octanol–water partition coefficient (Wildman–Crippen LogP) is 13.2. The lowest BCUT2D eigenvalue weighted by molar-refractivity contribution is -0.163. The monoisotopic (exact) mass is 998 g/mol. The first-order valence-corrected chi connectivity index (χ1v) is 32.6. The van der Waals surface area contributed by atoms with Gasteiger partial charge in [-0.25, -0.2) is 4.79 Å². The number of rotatable bonds is 20. The van der Waals surface area contributed by atoms with Crippen LogP contribution in [0.15, 0.2) is 34.4 Å². The zero-order chi connectivity index (χ0) is 44.6. The van der Waals surface area contributed by atoms with Crippen LogP contribution in [0.25, 0.3) is 0 Å². The van der Waals surface area contributed by atoms with Gasteiger partial charge in [-0.3, -0.25) is 0 Å². The highest BCUT2D eigenvalue weighted by molar-refractivity contribution is 14.1. The van der Waals surface area contributed by atoms with Crippen LogP contribution in [-0.4, -0.2) is 80.8 Å². The maximum absolute atomic E-state index is 13.9. The van der Waals surface area contributed by atoms with E-state index in [1.807, 2.05) is 12.1 Å². The van der Waals surface area contributed by atoms with E-state index in [2.05, 4.69) is 139 Å². The van der Waals surface area contributed by atoms with Crippen LogP contribution in [0, 0.1) is 17.8 Å². The van der Waals surface area contributed by atoms with E-state index < -0.39 is 37.2 Å². The average molecular weight is 999 g/mol. The lowest BCUT2D eigenvalue weighted by atomic mass is 9.90. The summed E-state index contributed by atoms with van der Waals surface area (Å²) in [6.07, 6.45) is 5.86. The molecule has 1 aromatic carbocycles. The third-order valence-corrected chi connectivity index (χ3v) is 28.5. The molecular formula is C48H83IO8Si3. The summed E-state index contributed by atoms with van der Waals surface area (Å²) in [7, 11) is -4.68. The van der Waals surface area contributed by atoms with E-state index in [0.29, 0.717) is 32.3 Å². The van der Waals surface area contributed by atoms with Crippen molar-refractivity contribution >= 4 is 53.5 Å². The van der Waals surface area contributed by atoms with Gasteiger partial charge in [0.2, 0.25) is 0 Å². The molecule has 1 fully saturated rings. The van der Waals surface area contributed by atoms with E-state index in [9.17, 15) is 4.79 Å². The topological polar surface area (TPSA) is 81.7 Å². The van der Waals surface area contributed by atoms with Crippen molar-refractivity contribution in [3.8, 4) is 17.6 Å². The minimum atomic E-state index is -2.14. The molecule has 342 valence electrons. The normalized spacial score (nSPS) is 25.8. The average Bonchev–Trinajstić information content (AvgIpc) is 3.72. The van der Waals surface area contributed by atoms with Gasteiger partial charge in [0.15, 0.2) is 31.1 Å². The summed E-state index contributed by atoms with van der Waals surface area (Å²) in [5, 5.41) is 0.0537. The highest BCUT2D eigenvalue weighted by atomic mass is 127. The number of carbonyl (C=O) groups is 1. The standard InChI is InChI=1S/C48H83IO8Si3/c1-14-59(15-2,16-3)56-44-27-20-23-40-32-33-45(53-40)47(50)54-41(35-42(25-22-34-49)55-58(12,13)48(8,9)10)24-21-26-43(52-36-38-28-30-39(51-11)31-29-38)37(7)46(44)57-60(17-4,18-5)19-6/h22,28-31,34,37,40-46H,14-19,21,23-26,32-33,35-36H2,1-13H3/b34-22-/t37-,40+,41-,42-,43-,44+,45-,46+/m1/s1. The van der Waals surface area contributed by atoms with E-state index in [-0.39, 0.29) is 47.4 Å². The van der Waals surface area contributed by atoms with Crippen molar-refractivity contribution in [2.75, 3.05) is 7.11 Å². The van der Waals surface area contributed by atoms with E-state index >= 15 is 0 Å². The van der Waals surface area contributed by atoms with E-state index in [4.69, 9.17) is 32.2 Å². The Morgan fingerprint density at radius 2 is 1.52 bits per heavy atom. The molecule has 12 heteroatoms. The Morgan fingerprint density at radius 3 is 2.08 bits per heavy atom. The van der Waals surface area contributed by atoms with Crippen LogP contribution in [0.5, 0.6) is 5.75 Å². The van der Waals surface area contributed by atoms with Gasteiger partial charge in [0, 0.05) is 18.8 Å². The molecule has 0 aliphatic carbocycles. The summed E-state index contributed by atoms with van der Waals surface area (Å²) >= 11 is 2.28. The number of carbonyl (C=O) groups excluding carboxylic acids is 1. The van der Waals surface area contributed by atoms with Crippen LogP contribution < -0.4 is 4.74 Å². The van der Waals surface area contributed by atoms with Gasteiger partial charge in [0.05, 0.1) is 38.1 Å². The first-order chi connectivity index (χ1) is 28.5. The minimum Gasteiger partial charge on any atom is -0.497 e. The molecule has 8 nitrogen and oxygen atoms in total. The van der Waals surface area contributed by atoms with Crippen molar-refractivity contribution < 1.29 is 37.0 Å². The second kappa shape index (κ2) is 25.5. The fraction of sp³-hybridized carbons (Fsp3) is 0.771. The number of methoxy groups -OCH3 is 1. The predicted molar refractivity (Wildman–Crippen MR) is 263 cm³/mol. The number of hydrogen-bond acceptors (Lipinski definition) is 8. The van der Waals surface area contributed by atoms with Crippen molar-refractivity contribution in [3.05, 3.63) is 40.0 Å². The second-order valence-corrected chi connectivity index (χ2v) is 33.8. The summed E-state index contributed by atoms with van der Waals surface area (Å²) in [5.41, 5.74) is 1.09. The first-order valence-electron chi connectivity index (χ1n) is 23.3. The minimum absolute atomic E-state index is 0.0270. The smallest absolute Gasteiger partial charge is 0.335 e. The number of halogens is 1. The van der Waals surface area contributed by atoms with Crippen molar-refractivity contribution in [3.63, 3.8) is 0 Å². The summed E-state index contributed by atoms with van der Waals surface area (Å²) in [4.78, 5) is 13.9. The zero-order valence-electron chi connectivity index (χ0n) is 39.8. The Hall–Kier alpha value is -1.03. The number of cyclic esters (lactones) is 1. The summed E-state index contributed by atoms with van der Waals surface area (Å²) in [6.45, 7) is 28.0. The van der Waals surface area contributed by atoms with Crippen LogP contribution in [0.4, 0.5) is 0 Å². The van der Waals surface area contributed by atoms with Gasteiger partial charge in [0.25, 0.3) is 0 Å². The molecule has 60 heavy (non-hydrogen) atoms. The fourth-order valence-corrected chi connectivity index (χ4v) is 15.7. The maximum Gasteiger partial charge on any atom is 0.335 e. The molecule has 0 saturated carbocycles. The molecule has 0 N–H and O–H groups in total. The molecule has 1 aromatic rings. The van der Waals surface area contributed by atoms with E-state index in [0.717, 1.165) is 73.3 Å². The number of benzene rings is 1. The van der Waals surface area contributed by atoms with Gasteiger partial charge in [-0.2, -0.15) is 0 Å². The molecule has 2 aliphatic rings. The molecule has 2 aliphatic heterocycles. The van der Waals surface area contributed by atoms with E-state index in [1.54, 1.807) is 7.11 Å². The molecule has 3 rings (SSSR count). The molecule has 0 unspecified atom stereocenters. The molecule has 1 saturated heterocycles. The SMILES string of the molecule is CC[Si](CC)(CC)O[C@H]1[C@H](C)[C@H](OCc2ccc(OC)cc2)CCC[C@H](C[C@@H](C/C=C\I)O[Si](C)(C)C(C)(C)C)OC(=O)[C@H]2CC[C@H](CC#C[C@@H]1O[Si](CC)(CC)CC)O2. The highest BCUT2D eigenvalue weighted by Gasteiger charge is 2.44. The highest BCUT2D eigenvalue weighted by Crippen LogP contribution is 2.39. The zero-order valence-corrected chi connectivity index (χ0v) is 45.0. The van der Waals surface area contributed by atoms with Crippen molar-refractivity contribution in [2.45, 2.75) is 224 Å². The lowest BCUT2D eigenvalue weighted by Crippen LogP contribution is -2.53. The van der Waals surface area contributed by atoms with Gasteiger partial charge >= 0.3 is 5.97 Å². The van der Waals surface area contributed by atoms with E-state index in [1.165, 1.54) is 0 Å². The Balaban J connectivity index is 2.15. The van der Waals surface area contributed by atoms with Gasteiger partial charge < -0.3 is 32.2 Å². The number of ether oxygens (including phenoxy) is 4. The Labute approximate surface area is 383 Å². The Kier molecular flexibility index (Phi) is 22.6. The third-order valence-electron chi connectivity index (χ3n) is 14.2. The van der Waals surface area contributed by atoms with Gasteiger partial charge in [-0.15, -0.1) is 0 Å². The summed E-state index contributed by atoms with van der Waals surface area (Å²) < 4.78 is 49.6. The number of hydrogen-bond donors (Lipinski definition) is 0. The van der Waals surface area contributed by atoms with Crippen LogP contribution in [0.3, 0.4) is 0 Å². The number of esters is 1.